The van der Waals surface area contributed by atoms with E-state index in [-0.39, 0.29) is 0 Å². The summed E-state index contributed by atoms with van der Waals surface area (Å²) >= 11 is 0. The van der Waals surface area contributed by atoms with Gasteiger partial charge in [0.2, 0.25) is 0 Å². The largest absolute Gasteiger partial charge is 0.307 e. The standard InChI is InChI=1S/C14H24N2/c1-6-13(14(3,4)5)16-11(2)12-7-9-15-10-8-12/h7-11,13,16H,6H2,1-5H3. The molecular formula is C14H24N2. The van der Waals surface area contributed by atoms with Crippen LogP contribution in [0, 0.1) is 5.41 Å². The Hall–Kier alpha value is -0.890. The lowest BCUT2D eigenvalue weighted by atomic mass is 9.84. The van der Waals surface area contributed by atoms with Crippen molar-refractivity contribution in [3.8, 4) is 0 Å². The molecule has 0 saturated carbocycles. The minimum absolute atomic E-state index is 0.302. The molecule has 0 spiro atoms. The van der Waals surface area contributed by atoms with Gasteiger partial charge in [0.1, 0.15) is 0 Å². The zero-order valence-electron chi connectivity index (χ0n) is 11.1. The third kappa shape index (κ3) is 3.60. The molecule has 0 radical (unpaired) electrons. The van der Waals surface area contributed by atoms with Gasteiger partial charge in [-0.05, 0) is 36.5 Å². The summed E-state index contributed by atoms with van der Waals surface area (Å²) in [4.78, 5) is 4.05. The average molecular weight is 220 g/mol. The van der Waals surface area contributed by atoms with Crippen LogP contribution < -0.4 is 5.32 Å². The molecule has 0 bridgehead atoms. The molecule has 0 aromatic carbocycles. The Bertz CT molecular complexity index is 300. The van der Waals surface area contributed by atoms with E-state index in [0.717, 1.165) is 6.42 Å². The predicted octanol–water partition coefficient (Wildman–Crippen LogP) is 3.56. The molecule has 2 nitrogen and oxygen atoms in total. The lowest BCUT2D eigenvalue weighted by molar-refractivity contribution is 0.244. The Morgan fingerprint density at radius 3 is 2.25 bits per heavy atom. The van der Waals surface area contributed by atoms with E-state index < -0.39 is 0 Å². The molecule has 0 aliphatic carbocycles. The molecule has 0 aliphatic heterocycles. The zero-order valence-corrected chi connectivity index (χ0v) is 11.1. The maximum atomic E-state index is 4.05. The van der Waals surface area contributed by atoms with Crippen LogP contribution in [0.5, 0.6) is 0 Å². The van der Waals surface area contributed by atoms with Crippen LogP contribution in [-0.4, -0.2) is 11.0 Å². The van der Waals surface area contributed by atoms with E-state index in [0.29, 0.717) is 17.5 Å². The van der Waals surface area contributed by atoms with E-state index in [4.69, 9.17) is 0 Å². The number of aromatic nitrogens is 1. The molecule has 2 unspecified atom stereocenters. The van der Waals surface area contributed by atoms with Crippen molar-refractivity contribution in [1.29, 1.82) is 0 Å². The van der Waals surface area contributed by atoms with E-state index in [9.17, 15) is 0 Å². The molecule has 0 saturated heterocycles. The van der Waals surface area contributed by atoms with Crippen LogP contribution in [0.25, 0.3) is 0 Å². The first-order chi connectivity index (χ1) is 7.45. The van der Waals surface area contributed by atoms with Crippen molar-refractivity contribution in [2.24, 2.45) is 5.41 Å². The highest BCUT2D eigenvalue weighted by atomic mass is 15.0. The minimum Gasteiger partial charge on any atom is -0.307 e. The van der Waals surface area contributed by atoms with Crippen molar-refractivity contribution < 1.29 is 0 Å². The Morgan fingerprint density at radius 1 is 1.25 bits per heavy atom. The smallest absolute Gasteiger partial charge is 0.0295 e. The Balaban J connectivity index is 2.67. The van der Waals surface area contributed by atoms with Crippen LogP contribution in [0.15, 0.2) is 24.5 Å². The topological polar surface area (TPSA) is 24.9 Å². The SMILES string of the molecule is CCC(NC(C)c1ccncc1)C(C)(C)C. The van der Waals surface area contributed by atoms with Gasteiger partial charge in [0.05, 0.1) is 0 Å². The van der Waals surface area contributed by atoms with Crippen LogP contribution in [0.3, 0.4) is 0 Å². The summed E-state index contributed by atoms with van der Waals surface area (Å²) < 4.78 is 0. The fourth-order valence-electron chi connectivity index (χ4n) is 2.03. The molecule has 2 atom stereocenters. The summed E-state index contributed by atoms with van der Waals surface area (Å²) in [5, 5.41) is 3.70. The number of pyridine rings is 1. The van der Waals surface area contributed by atoms with Gasteiger partial charge in [-0.2, -0.15) is 0 Å². The monoisotopic (exact) mass is 220 g/mol. The fourth-order valence-corrected chi connectivity index (χ4v) is 2.03. The normalized spacial score (nSPS) is 15.8. The molecule has 16 heavy (non-hydrogen) atoms. The van der Waals surface area contributed by atoms with E-state index in [2.05, 4.69) is 57.1 Å². The summed E-state index contributed by atoms with van der Waals surface area (Å²) in [6.07, 6.45) is 4.86. The van der Waals surface area contributed by atoms with Gasteiger partial charge in [0.15, 0.2) is 0 Å². The van der Waals surface area contributed by atoms with Crippen molar-refractivity contribution in [2.75, 3.05) is 0 Å². The van der Waals surface area contributed by atoms with E-state index >= 15 is 0 Å². The summed E-state index contributed by atoms with van der Waals surface area (Å²) in [6.45, 7) is 11.3. The van der Waals surface area contributed by atoms with Gasteiger partial charge in [0.25, 0.3) is 0 Å². The molecule has 1 aromatic rings. The molecule has 1 heterocycles. The van der Waals surface area contributed by atoms with Gasteiger partial charge in [0, 0.05) is 24.5 Å². The molecule has 1 rings (SSSR count). The second-order valence-corrected chi connectivity index (χ2v) is 5.50. The van der Waals surface area contributed by atoms with Crippen molar-refractivity contribution in [3.05, 3.63) is 30.1 Å². The molecule has 90 valence electrons. The highest BCUT2D eigenvalue weighted by molar-refractivity contribution is 5.14. The third-order valence-corrected chi connectivity index (χ3v) is 3.11. The Labute approximate surface area is 99.5 Å². The van der Waals surface area contributed by atoms with E-state index in [1.807, 2.05) is 12.4 Å². The quantitative estimate of drug-likeness (QED) is 0.839. The molecule has 2 heteroatoms. The lowest BCUT2D eigenvalue weighted by Crippen LogP contribution is -2.41. The number of hydrogen-bond acceptors (Lipinski definition) is 2. The van der Waals surface area contributed by atoms with Crippen molar-refractivity contribution in [3.63, 3.8) is 0 Å². The maximum Gasteiger partial charge on any atom is 0.0295 e. The zero-order chi connectivity index (χ0) is 12.2. The Kier molecular flexibility index (Phi) is 4.48. The van der Waals surface area contributed by atoms with Gasteiger partial charge in [-0.25, -0.2) is 0 Å². The molecule has 0 amide bonds. The Morgan fingerprint density at radius 2 is 1.81 bits per heavy atom. The molecule has 0 fully saturated rings. The minimum atomic E-state index is 0.302. The third-order valence-electron chi connectivity index (χ3n) is 3.11. The highest BCUT2D eigenvalue weighted by Gasteiger charge is 2.24. The van der Waals surface area contributed by atoms with Gasteiger partial charge in [-0.3, -0.25) is 4.98 Å². The lowest BCUT2D eigenvalue weighted by Gasteiger charge is -2.33. The van der Waals surface area contributed by atoms with Gasteiger partial charge >= 0.3 is 0 Å². The van der Waals surface area contributed by atoms with Crippen LogP contribution in [0.2, 0.25) is 0 Å². The number of nitrogens with one attached hydrogen (secondary N) is 1. The second-order valence-electron chi connectivity index (χ2n) is 5.50. The van der Waals surface area contributed by atoms with E-state index in [1.54, 1.807) is 0 Å². The van der Waals surface area contributed by atoms with Crippen molar-refractivity contribution in [2.45, 2.75) is 53.1 Å². The molecule has 1 N–H and O–H groups in total. The summed E-state index contributed by atoms with van der Waals surface area (Å²) in [7, 11) is 0. The first-order valence-corrected chi connectivity index (χ1v) is 6.11. The van der Waals surface area contributed by atoms with Crippen LogP contribution in [0.4, 0.5) is 0 Å². The fraction of sp³-hybridized carbons (Fsp3) is 0.643. The summed E-state index contributed by atoms with van der Waals surface area (Å²) in [6, 6.07) is 5.07. The highest BCUT2D eigenvalue weighted by Crippen LogP contribution is 2.24. The molecular weight excluding hydrogens is 196 g/mol. The second kappa shape index (κ2) is 5.44. The summed E-state index contributed by atoms with van der Waals surface area (Å²) in [5.41, 5.74) is 1.61. The predicted molar refractivity (Wildman–Crippen MR) is 69.3 cm³/mol. The first kappa shape index (κ1) is 13.2. The van der Waals surface area contributed by atoms with Crippen LogP contribution >= 0.6 is 0 Å². The molecule has 0 aliphatic rings. The maximum absolute atomic E-state index is 4.05. The summed E-state index contributed by atoms with van der Waals surface area (Å²) in [5.74, 6) is 0. The van der Waals surface area contributed by atoms with Crippen LogP contribution in [-0.2, 0) is 0 Å². The van der Waals surface area contributed by atoms with Crippen LogP contribution in [0.1, 0.15) is 52.6 Å². The van der Waals surface area contributed by atoms with Gasteiger partial charge in [-0.1, -0.05) is 27.7 Å². The van der Waals surface area contributed by atoms with Crippen molar-refractivity contribution >= 4 is 0 Å². The average Bonchev–Trinajstić information content (AvgIpc) is 2.25. The van der Waals surface area contributed by atoms with Gasteiger partial charge in [-0.15, -0.1) is 0 Å². The van der Waals surface area contributed by atoms with E-state index in [1.165, 1.54) is 5.56 Å². The number of nitrogens with zero attached hydrogens (tertiary/aromatic N) is 1. The number of hydrogen-bond donors (Lipinski definition) is 1. The molecule has 1 aromatic heterocycles. The van der Waals surface area contributed by atoms with Gasteiger partial charge < -0.3 is 5.32 Å². The number of rotatable bonds is 4. The van der Waals surface area contributed by atoms with Crippen molar-refractivity contribution in [1.82, 2.24) is 10.3 Å². The first-order valence-electron chi connectivity index (χ1n) is 6.11.